The minimum absolute atomic E-state index is 0.605. The third kappa shape index (κ3) is 6.19. The molecule has 2 aromatic rings. The fraction of sp³-hybridized carbons (Fsp3) is 0.400. The van der Waals surface area contributed by atoms with E-state index in [1.54, 1.807) is 6.21 Å². The molecule has 0 fully saturated rings. The Balaban J connectivity index is 1.83. The summed E-state index contributed by atoms with van der Waals surface area (Å²) < 4.78 is 11.5. The van der Waals surface area contributed by atoms with Crippen LogP contribution in [-0.2, 0) is 11.3 Å². The van der Waals surface area contributed by atoms with E-state index < -0.39 is 0 Å². The molecule has 1 aromatic carbocycles. The molecule has 0 spiro atoms. The van der Waals surface area contributed by atoms with Crippen LogP contribution in [0, 0.1) is 13.8 Å². The third-order valence-electron chi connectivity index (χ3n) is 3.84. The van der Waals surface area contributed by atoms with E-state index in [9.17, 15) is 0 Å². The lowest BCUT2D eigenvalue weighted by Gasteiger charge is -2.13. The van der Waals surface area contributed by atoms with Crippen molar-refractivity contribution in [2.75, 3.05) is 20.3 Å². The molecule has 6 heteroatoms. The molecule has 2 rings (SSSR count). The number of aromatic nitrogens is 1. The van der Waals surface area contributed by atoms with E-state index in [4.69, 9.17) is 9.47 Å². The first-order valence-electron chi connectivity index (χ1n) is 8.63. The van der Waals surface area contributed by atoms with Crippen molar-refractivity contribution in [3.8, 4) is 10.9 Å². The van der Waals surface area contributed by atoms with Crippen LogP contribution < -0.4 is 9.47 Å². The molecule has 0 amide bonds. The zero-order valence-corrected chi connectivity index (χ0v) is 16.6. The molecule has 0 N–H and O–H groups in total. The SMILES string of the molecule is C/C=C/COc1cc(C)c(CCCOc2nc(C=NOC)cs2)c(C)c1. The average Bonchev–Trinajstić information content (AvgIpc) is 3.06. The topological polar surface area (TPSA) is 52.9 Å². The van der Waals surface area contributed by atoms with E-state index in [0.29, 0.717) is 18.4 Å². The van der Waals surface area contributed by atoms with Crippen LogP contribution in [0.4, 0.5) is 0 Å². The maximum atomic E-state index is 5.74. The van der Waals surface area contributed by atoms with Gasteiger partial charge in [-0.15, -0.1) is 0 Å². The highest BCUT2D eigenvalue weighted by molar-refractivity contribution is 7.11. The van der Waals surface area contributed by atoms with Gasteiger partial charge in [-0.25, -0.2) is 4.98 Å². The monoisotopic (exact) mass is 374 g/mol. The van der Waals surface area contributed by atoms with Crippen LogP contribution in [0.25, 0.3) is 0 Å². The van der Waals surface area contributed by atoms with Crippen molar-refractivity contribution in [1.82, 2.24) is 4.98 Å². The van der Waals surface area contributed by atoms with Crippen LogP contribution in [0.2, 0.25) is 0 Å². The highest BCUT2D eigenvalue weighted by Gasteiger charge is 2.07. The number of allylic oxidation sites excluding steroid dienone is 1. The van der Waals surface area contributed by atoms with Gasteiger partial charge in [-0.2, -0.15) is 0 Å². The normalized spacial score (nSPS) is 11.4. The molecule has 1 heterocycles. The zero-order valence-electron chi connectivity index (χ0n) is 15.8. The molecule has 0 aliphatic heterocycles. The summed E-state index contributed by atoms with van der Waals surface area (Å²) in [5.41, 5.74) is 4.62. The molecular formula is C20H26N2O3S. The Bertz CT molecular complexity index is 730. The molecule has 5 nitrogen and oxygen atoms in total. The Kier molecular flexibility index (Phi) is 8.15. The lowest BCUT2D eigenvalue weighted by molar-refractivity contribution is 0.215. The summed E-state index contributed by atoms with van der Waals surface area (Å²) in [6.45, 7) is 7.49. The summed E-state index contributed by atoms with van der Waals surface area (Å²) in [6, 6.07) is 4.21. The lowest BCUT2D eigenvalue weighted by Crippen LogP contribution is -2.03. The summed E-state index contributed by atoms with van der Waals surface area (Å²) in [5, 5.41) is 6.23. The molecular weight excluding hydrogens is 348 g/mol. The van der Waals surface area contributed by atoms with Crippen molar-refractivity contribution in [2.24, 2.45) is 5.16 Å². The Labute approximate surface area is 159 Å². The summed E-state index contributed by atoms with van der Waals surface area (Å²) >= 11 is 1.46. The van der Waals surface area contributed by atoms with Gasteiger partial charge in [-0.1, -0.05) is 28.6 Å². The molecule has 0 unspecified atom stereocenters. The van der Waals surface area contributed by atoms with Gasteiger partial charge < -0.3 is 14.3 Å². The van der Waals surface area contributed by atoms with Crippen molar-refractivity contribution in [1.29, 1.82) is 0 Å². The Hall–Kier alpha value is -2.34. The number of nitrogens with zero attached hydrogens (tertiary/aromatic N) is 2. The van der Waals surface area contributed by atoms with Crippen LogP contribution >= 0.6 is 11.3 Å². The third-order valence-corrected chi connectivity index (χ3v) is 4.61. The van der Waals surface area contributed by atoms with Crippen LogP contribution in [0.5, 0.6) is 10.9 Å². The molecule has 0 bridgehead atoms. The van der Waals surface area contributed by atoms with Crippen molar-refractivity contribution in [3.63, 3.8) is 0 Å². The highest BCUT2D eigenvalue weighted by Crippen LogP contribution is 2.23. The Morgan fingerprint density at radius 3 is 2.65 bits per heavy atom. The molecule has 140 valence electrons. The van der Waals surface area contributed by atoms with E-state index in [2.05, 4.69) is 41.0 Å². The van der Waals surface area contributed by atoms with Gasteiger partial charge in [0, 0.05) is 5.38 Å². The maximum absolute atomic E-state index is 5.74. The number of aryl methyl sites for hydroxylation is 2. The number of hydrogen-bond donors (Lipinski definition) is 0. The minimum Gasteiger partial charge on any atom is -0.490 e. The standard InChI is InChI=1S/C20H26N2O3S/c1-5-6-9-24-18-11-15(2)19(16(3)12-18)8-7-10-25-20-22-17(14-26-20)13-21-23-4/h5-6,11-14H,7-10H2,1-4H3/b6-5+,21-13?. The van der Waals surface area contributed by atoms with E-state index in [1.165, 1.54) is 35.1 Å². The number of benzene rings is 1. The average molecular weight is 375 g/mol. The summed E-state index contributed by atoms with van der Waals surface area (Å²) in [7, 11) is 1.51. The molecule has 0 aliphatic rings. The van der Waals surface area contributed by atoms with E-state index >= 15 is 0 Å². The molecule has 0 aliphatic carbocycles. The first kappa shape index (κ1) is 20.0. The summed E-state index contributed by atoms with van der Waals surface area (Å²) in [4.78, 5) is 8.96. The predicted molar refractivity (Wildman–Crippen MR) is 107 cm³/mol. The van der Waals surface area contributed by atoms with Crippen molar-refractivity contribution >= 4 is 17.6 Å². The molecule has 0 saturated carbocycles. The van der Waals surface area contributed by atoms with Crippen molar-refractivity contribution < 1.29 is 14.3 Å². The fourth-order valence-corrected chi connectivity index (χ4v) is 3.23. The van der Waals surface area contributed by atoms with Crippen LogP contribution in [0.1, 0.15) is 35.7 Å². The minimum atomic E-state index is 0.605. The number of thiazole rings is 1. The maximum Gasteiger partial charge on any atom is 0.273 e. The van der Waals surface area contributed by atoms with Gasteiger partial charge in [0.05, 0.1) is 18.5 Å². The van der Waals surface area contributed by atoms with Crippen LogP contribution in [0.15, 0.2) is 34.8 Å². The second kappa shape index (κ2) is 10.6. The summed E-state index contributed by atoms with van der Waals surface area (Å²) in [6.07, 6.45) is 7.46. The van der Waals surface area contributed by atoms with Gasteiger partial charge in [0.2, 0.25) is 0 Å². The zero-order chi connectivity index (χ0) is 18.8. The lowest BCUT2D eigenvalue weighted by atomic mass is 9.98. The first-order chi connectivity index (χ1) is 12.6. The summed E-state index contributed by atoms with van der Waals surface area (Å²) in [5.74, 6) is 0.922. The number of hydrogen-bond acceptors (Lipinski definition) is 6. The largest absolute Gasteiger partial charge is 0.490 e. The fourth-order valence-electron chi connectivity index (χ4n) is 2.58. The second-order valence-electron chi connectivity index (χ2n) is 5.82. The number of oxime groups is 1. The quantitative estimate of drug-likeness (QED) is 0.262. The predicted octanol–water partition coefficient (Wildman–Crippen LogP) is 4.71. The first-order valence-corrected chi connectivity index (χ1v) is 9.51. The highest BCUT2D eigenvalue weighted by atomic mass is 32.1. The molecule has 26 heavy (non-hydrogen) atoms. The van der Waals surface area contributed by atoms with E-state index in [1.807, 2.05) is 24.5 Å². The van der Waals surface area contributed by atoms with Gasteiger partial charge in [0.15, 0.2) is 0 Å². The molecule has 0 atom stereocenters. The van der Waals surface area contributed by atoms with Crippen molar-refractivity contribution in [2.45, 2.75) is 33.6 Å². The van der Waals surface area contributed by atoms with Gasteiger partial charge in [0.25, 0.3) is 5.19 Å². The number of rotatable bonds is 10. The molecule has 0 saturated heterocycles. The Morgan fingerprint density at radius 2 is 1.96 bits per heavy atom. The van der Waals surface area contributed by atoms with Crippen LogP contribution in [-0.4, -0.2) is 31.5 Å². The Morgan fingerprint density at radius 1 is 1.19 bits per heavy atom. The smallest absolute Gasteiger partial charge is 0.273 e. The van der Waals surface area contributed by atoms with Gasteiger partial charge >= 0.3 is 0 Å². The van der Waals surface area contributed by atoms with Crippen molar-refractivity contribution in [3.05, 3.63) is 52.0 Å². The molecule has 1 aromatic heterocycles. The molecule has 0 radical (unpaired) electrons. The van der Waals surface area contributed by atoms with E-state index in [-0.39, 0.29) is 0 Å². The van der Waals surface area contributed by atoms with Gasteiger partial charge in [-0.3, -0.25) is 0 Å². The van der Waals surface area contributed by atoms with E-state index in [0.717, 1.165) is 24.3 Å². The van der Waals surface area contributed by atoms with Crippen LogP contribution in [0.3, 0.4) is 0 Å². The second-order valence-corrected chi connectivity index (χ2v) is 6.64. The van der Waals surface area contributed by atoms with Gasteiger partial charge in [0.1, 0.15) is 19.5 Å². The van der Waals surface area contributed by atoms with Gasteiger partial charge in [-0.05, 0) is 62.4 Å². The number of ether oxygens (including phenoxy) is 2.